The molecule has 2 aromatic carbocycles. The SMILES string of the molecule is CNC1(Cc2ccc3c(c2)OCO3)C=C(c2cccc(OC)c2)N=C(N)N1. The maximum atomic E-state index is 6.11. The number of nitrogens with one attached hydrogen (secondary N) is 2. The van der Waals surface area contributed by atoms with Crippen LogP contribution < -0.4 is 30.6 Å². The summed E-state index contributed by atoms with van der Waals surface area (Å²) in [5.74, 6) is 2.65. The topological polar surface area (TPSA) is 90.1 Å². The molecule has 0 spiro atoms. The van der Waals surface area contributed by atoms with Crippen LogP contribution in [0.25, 0.3) is 5.70 Å². The summed E-state index contributed by atoms with van der Waals surface area (Å²) >= 11 is 0. The van der Waals surface area contributed by atoms with Crippen LogP contribution >= 0.6 is 0 Å². The Morgan fingerprint density at radius 2 is 2.07 bits per heavy atom. The minimum absolute atomic E-state index is 0.258. The molecule has 2 aromatic rings. The van der Waals surface area contributed by atoms with Gasteiger partial charge in [0.2, 0.25) is 6.79 Å². The van der Waals surface area contributed by atoms with E-state index in [0.29, 0.717) is 12.4 Å². The molecule has 1 atom stereocenters. The van der Waals surface area contributed by atoms with Gasteiger partial charge in [-0.1, -0.05) is 18.2 Å². The van der Waals surface area contributed by atoms with Crippen LogP contribution in [0.4, 0.5) is 0 Å². The van der Waals surface area contributed by atoms with Crippen LogP contribution in [0, 0.1) is 0 Å². The van der Waals surface area contributed by atoms with Crippen molar-refractivity contribution in [1.82, 2.24) is 10.6 Å². The maximum Gasteiger partial charge on any atom is 0.231 e. The van der Waals surface area contributed by atoms with E-state index in [-0.39, 0.29) is 6.79 Å². The molecule has 2 aliphatic heterocycles. The van der Waals surface area contributed by atoms with Gasteiger partial charge in [-0.05, 0) is 43.0 Å². The number of hydrogen-bond donors (Lipinski definition) is 3. The highest BCUT2D eigenvalue weighted by Crippen LogP contribution is 2.34. The molecule has 140 valence electrons. The number of ether oxygens (including phenoxy) is 3. The van der Waals surface area contributed by atoms with Gasteiger partial charge in [0.05, 0.1) is 12.8 Å². The summed E-state index contributed by atoms with van der Waals surface area (Å²) in [6.07, 6.45) is 2.69. The number of methoxy groups -OCH3 is 1. The van der Waals surface area contributed by atoms with E-state index in [1.54, 1.807) is 7.11 Å². The molecule has 4 N–H and O–H groups in total. The molecule has 0 saturated heterocycles. The van der Waals surface area contributed by atoms with Crippen LogP contribution in [0.5, 0.6) is 17.2 Å². The highest BCUT2D eigenvalue weighted by atomic mass is 16.7. The van der Waals surface area contributed by atoms with Gasteiger partial charge in [0.25, 0.3) is 0 Å². The van der Waals surface area contributed by atoms with Crippen molar-refractivity contribution in [3.8, 4) is 17.2 Å². The highest BCUT2D eigenvalue weighted by molar-refractivity contribution is 5.88. The average Bonchev–Trinajstić information content (AvgIpc) is 3.15. The second kappa shape index (κ2) is 6.85. The Morgan fingerprint density at radius 1 is 1.22 bits per heavy atom. The summed E-state index contributed by atoms with van der Waals surface area (Å²) in [5, 5.41) is 6.60. The lowest BCUT2D eigenvalue weighted by Crippen LogP contribution is -2.61. The Labute approximate surface area is 157 Å². The van der Waals surface area contributed by atoms with E-state index in [9.17, 15) is 0 Å². The van der Waals surface area contributed by atoms with Crippen molar-refractivity contribution in [1.29, 1.82) is 0 Å². The van der Waals surface area contributed by atoms with E-state index in [1.807, 2.05) is 55.6 Å². The van der Waals surface area contributed by atoms with Gasteiger partial charge in [-0.15, -0.1) is 0 Å². The molecule has 0 bridgehead atoms. The van der Waals surface area contributed by atoms with Gasteiger partial charge in [-0.2, -0.15) is 0 Å². The van der Waals surface area contributed by atoms with Crippen molar-refractivity contribution in [2.45, 2.75) is 12.1 Å². The smallest absolute Gasteiger partial charge is 0.231 e. The number of hydrogen-bond acceptors (Lipinski definition) is 7. The molecule has 2 heterocycles. The lowest BCUT2D eigenvalue weighted by Gasteiger charge is -2.35. The van der Waals surface area contributed by atoms with Crippen LogP contribution in [0.15, 0.2) is 53.5 Å². The summed E-state index contributed by atoms with van der Waals surface area (Å²) in [6, 6.07) is 13.7. The number of aliphatic imine (C=N–C) groups is 1. The van der Waals surface area contributed by atoms with E-state index < -0.39 is 5.66 Å². The quantitative estimate of drug-likeness (QED) is 0.748. The minimum Gasteiger partial charge on any atom is -0.497 e. The molecule has 0 aliphatic carbocycles. The minimum atomic E-state index is -0.585. The molecule has 7 nitrogen and oxygen atoms in total. The molecule has 27 heavy (non-hydrogen) atoms. The van der Waals surface area contributed by atoms with Crippen LogP contribution in [0.3, 0.4) is 0 Å². The molecule has 0 radical (unpaired) electrons. The first-order chi connectivity index (χ1) is 13.1. The largest absolute Gasteiger partial charge is 0.497 e. The second-order valence-corrected chi connectivity index (χ2v) is 6.47. The number of nitrogens with zero attached hydrogens (tertiary/aromatic N) is 1. The zero-order valence-corrected chi connectivity index (χ0v) is 15.3. The summed E-state index contributed by atoms with van der Waals surface area (Å²) in [6.45, 7) is 0.258. The molecule has 1 unspecified atom stereocenters. The van der Waals surface area contributed by atoms with Crippen molar-refractivity contribution < 1.29 is 14.2 Å². The predicted octanol–water partition coefficient (Wildman–Crippen LogP) is 1.84. The third kappa shape index (κ3) is 3.41. The van der Waals surface area contributed by atoms with E-state index >= 15 is 0 Å². The monoisotopic (exact) mass is 366 g/mol. The van der Waals surface area contributed by atoms with E-state index in [1.165, 1.54) is 0 Å². The fourth-order valence-electron chi connectivity index (χ4n) is 3.31. The van der Waals surface area contributed by atoms with E-state index in [4.69, 9.17) is 19.9 Å². The van der Waals surface area contributed by atoms with Crippen molar-refractivity contribution in [3.63, 3.8) is 0 Å². The molecular formula is C20H22N4O3. The van der Waals surface area contributed by atoms with Crippen LogP contribution in [0.2, 0.25) is 0 Å². The standard InChI is InChI=1S/C20H22N4O3/c1-22-20(10-13-6-7-17-18(8-13)27-12-26-17)11-16(23-19(21)24-20)14-4-3-5-15(9-14)25-2/h3-9,11,22H,10,12H2,1-2H3,(H3,21,23,24). The fourth-order valence-corrected chi connectivity index (χ4v) is 3.31. The second-order valence-electron chi connectivity index (χ2n) is 6.47. The van der Waals surface area contributed by atoms with Gasteiger partial charge in [0.1, 0.15) is 11.4 Å². The number of rotatable bonds is 5. The lowest BCUT2D eigenvalue weighted by molar-refractivity contribution is 0.174. The molecule has 2 aliphatic rings. The molecule has 7 heteroatoms. The van der Waals surface area contributed by atoms with Gasteiger partial charge in [-0.3, -0.25) is 5.32 Å². The van der Waals surface area contributed by atoms with E-state index in [2.05, 4.69) is 15.6 Å². The van der Waals surface area contributed by atoms with Crippen molar-refractivity contribution >= 4 is 11.7 Å². The maximum absolute atomic E-state index is 6.11. The van der Waals surface area contributed by atoms with Crippen LogP contribution in [-0.2, 0) is 6.42 Å². The molecule has 0 fully saturated rings. The first kappa shape index (κ1) is 17.2. The number of likely N-dealkylation sites (N-methyl/N-ethyl adjacent to an activating group) is 1. The Balaban J connectivity index is 1.68. The number of nitrogens with two attached hydrogens (primary N) is 1. The average molecular weight is 366 g/mol. The summed E-state index contributed by atoms with van der Waals surface area (Å²) in [5.41, 5.74) is 8.32. The summed E-state index contributed by atoms with van der Waals surface area (Å²) < 4.78 is 16.2. The molecule has 4 rings (SSSR count). The highest BCUT2D eigenvalue weighted by Gasteiger charge is 2.31. The Hall–Kier alpha value is -3.19. The van der Waals surface area contributed by atoms with Crippen LogP contribution in [0.1, 0.15) is 11.1 Å². The predicted molar refractivity (Wildman–Crippen MR) is 104 cm³/mol. The third-order valence-electron chi connectivity index (χ3n) is 4.71. The lowest BCUT2D eigenvalue weighted by atomic mass is 9.95. The van der Waals surface area contributed by atoms with Gasteiger partial charge >= 0.3 is 0 Å². The number of benzene rings is 2. The first-order valence-corrected chi connectivity index (χ1v) is 8.68. The molecule has 0 saturated carbocycles. The normalized spacial score (nSPS) is 20.5. The number of guanidine groups is 1. The molecule has 0 aromatic heterocycles. The Morgan fingerprint density at radius 3 is 2.89 bits per heavy atom. The molecular weight excluding hydrogens is 344 g/mol. The molecule has 0 amide bonds. The fraction of sp³-hybridized carbons (Fsp3) is 0.250. The van der Waals surface area contributed by atoms with Gasteiger partial charge in [0, 0.05) is 12.0 Å². The van der Waals surface area contributed by atoms with Crippen molar-refractivity contribution in [3.05, 3.63) is 59.7 Å². The van der Waals surface area contributed by atoms with E-state index in [0.717, 1.165) is 34.1 Å². The van der Waals surface area contributed by atoms with Gasteiger partial charge in [-0.25, -0.2) is 4.99 Å². The Kier molecular flexibility index (Phi) is 4.37. The zero-order chi connectivity index (χ0) is 18.9. The van der Waals surface area contributed by atoms with Crippen molar-refractivity contribution in [2.24, 2.45) is 10.7 Å². The van der Waals surface area contributed by atoms with Crippen molar-refractivity contribution in [2.75, 3.05) is 21.0 Å². The van der Waals surface area contributed by atoms with Gasteiger partial charge in [0.15, 0.2) is 17.5 Å². The summed E-state index contributed by atoms with van der Waals surface area (Å²) in [4.78, 5) is 4.47. The third-order valence-corrected chi connectivity index (χ3v) is 4.71. The van der Waals surface area contributed by atoms with Crippen LogP contribution in [-0.4, -0.2) is 32.6 Å². The first-order valence-electron chi connectivity index (χ1n) is 8.68. The summed E-state index contributed by atoms with van der Waals surface area (Å²) in [7, 11) is 3.53. The Bertz CT molecular complexity index is 925. The number of fused-ring (bicyclic) bond motifs is 1. The zero-order valence-electron chi connectivity index (χ0n) is 15.3. The van der Waals surface area contributed by atoms with Gasteiger partial charge < -0.3 is 25.3 Å².